The second kappa shape index (κ2) is 8.51. The van der Waals surface area contributed by atoms with E-state index in [1.54, 1.807) is 47.8 Å². The number of nitrogens with one attached hydrogen (secondary N) is 2. The molecule has 0 saturated carbocycles. The van der Waals surface area contributed by atoms with Gasteiger partial charge < -0.3 is 5.32 Å². The summed E-state index contributed by atoms with van der Waals surface area (Å²) in [5.41, 5.74) is 1.27. The number of nitrogens with zero attached hydrogens (tertiary/aromatic N) is 1. The van der Waals surface area contributed by atoms with E-state index in [2.05, 4.69) is 15.0 Å². The second-order valence-electron chi connectivity index (χ2n) is 5.62. The van der Waals surface area contributed by atoms with Crippen molar-refractivity contribution < 1.29 is 13.2 Å². The summed E-state index contributed by atoms with van der Waals surface area (Å²) in [4.78, 5) is 16.4. The molecule has 9 heteroatoms. The summed E-state index contributed by atoms with van der Waals surface area (Å²) < 4.78 is 27.0. The molecule has 2 N–H and O–H groups in total. The maximum atomic E-state index is 12.3. The number of thiazole rings is 1. The number of benzene rings is 2. The van der Waals surface area contributed by atoms with Gasteiger partial charge >= 0.3 is 0 Å². The molecule has 140 valence electrons. The lowest BCUT2D eigenvalue weighted by Crippen LogP contribution is -2.13. The zero-order valence-corrected chi connectivity index (χ0v) is 16.4. The molecule has 0 aliphatic carbocycles. The van der Waals surface area contributed by atoms with Crippen LogP contribution in [0.5, 0.6) is 0 Å². The van der Waals surface area contributed by atoms with E-state index in [9.17, 15) is 13.2 Å². The van der Waals surface area contributed by atoms with Gasteiger partial charge in [0, 0.05) is 22.5 Å². The molecule has 0 fully saturated rings. The lowest BCUT2D eigenvalue weighted by atomic mass is 10.2. The van der Waals surface area contributed by atoms with Crippen LogP contribution in [0, 0.1) is 0 Å². The number of aromatic nitrogens is 1. The minimum Gasteiger partial charge on any atom is -0.326 e. The molecule has 0 aliphatic heterocycles. The van der Waals surface area contributed by atoms with Gasteiger partial charge in [0.25, 0.3) is 10.0 Å². The predicted octanol–water partition coefficient (Wildman–Crippen LogP) is 4.17. The molecule has 0 bridgehead atoms. The van der Waals surface area contributed by atoms with E-state index >= 15 is 0 Å². The first-order valence-electron chi connectivity index (χ1n) is 8.00. The monoisotopic (exact) mass is 421 g/mol. The van der Waals surface area contributed by atoms with Crippen LogP contribution in [0.25, 0.3) is 0 Å². The van der Waals surface area contributed by atoms with Crippen molar-refractivity contribution in [3.63, 3.8) is 0 Å². The van der Waals surface area contributed by atoms with Gasteiger partial charge in [-0.25, -0.2) is 13.4 Å². The first kappa shape index (κ1) is 19.3. The van der Waals surface area contributed by atoms with Gasteiger partial charge in [0.05, 0.1) is 10.6 Å². The Morgan fingerprint density at radius 3 is 2.63 bits per heavy atom. The predicted molar refractivity (Wildman–Crippen MR) is 108 cm³/mol. The lowest BCUT2D eigenvalue weighted by molar-refractivity contribution is -0.116. The van der Waals surface area contributed by atoms with Crippen LogP contribution in [0.3, 0.4) is 0 Å². The van der Waals surface area contributed by atoms with Gasteiger partial charge in [-0.3, -0.25) is 9.52 Å². The molecule has 0 aliphatic rings. The van der Waals surface area contributed by atoms with Crippen molar-refractivity contribution in [2.24, 2.45) is 0 Å². The number of aryl methyl sites for hydroxylation is 1. The van der Waals surface area contributed by atoms with Crippen molar-refractivity contribution in [3.05, 3.63) is 70.7 Å². The fraction of sp³-hybridized carbons (Fsp3) is 0.111. The van der Waals surface area contributed by atoms with Gasteiger partial charge in [-0.15, -0.1) is 11.3 Å². The molecular formula is C18H16ClN3O3S2. The van der Waals surface area contributed by atoms with E-state index in [0.717, 1.165) is 0 Å². The van der Waals surface area contributed by atoms with E-state index in [1.807, 2.05) is 0 Å². The Labute approximate surface area is 166 Å². The number of carbonyl (C=O) groups is 1. The Bertz CT molecular complexity index is 1040. The van der Waals surface area contributed by atoms with E-state index in [4.69, 9.17) is 11.6 Å². The Hall–Kier alpha value is -2.42. The van der Waals surface area contributed by atoms with Crippen LogP contribution in [0.4, 0.5) is 10.8 Å². The Kier molecular flexibility index (Phi) is 6.10. The normalized spacial score (nSPS) is 11.1. The summed E-state index contributed by atoms with van der Waals surface area (Å²) >= 11 is 7.06. The van der Waals surface area contributed by atoms with E-state index in [-0.39, 0.29) is 22.4 Å². The molecule has 27 heavy (non-hydrogen) atoms. The molecule has 0 atom stereocenters. The highest BCUT2D eigenvalue weighted by atomic mass is 35.5. The molecule has 1 amide bonds. The van der Waals surface area contributed by atoms with Crippen molar-refractivity contribution >= 4 is 49.7 Å². The van der Waals surface area contributed by atoms with E-state index < -0.39 is 10.0 Å². The highest BCUT2D eigenvalue weighted by molar-refractivity contribution is 7.93. The Morgan fingerprint density at radius 2 is 1.89 bits per heavy atom. The van der Waals surface area contributed by atoms with Gasteiger partial charge in [0.2, 0.25) is 5.91 Å². The molecule has 6 nitrogen and oxygen atoms in total. The summed E-state index contributed by atoms with van der Waals surface area (Å²) in [6.45, 7) is 0. The number of hydrogen-bond donors (Lipinski definition) is 2. The van der Waals surface area contributed by atoms with Gasteiger partial charge in [0.15, 0.2) is 5.13 Å². The minimum absolute atomic E-state index is 0.169. The van der Waals surface area contributed by atoms with Crippen LogP contribution in [-0.2, 0) is 21.2 Å². The Balaban J connectivity index is 1.56. The maximum absolute atomic E-state index is 12.3. The van der Waals surface area contributed by atoms with Crippen LogP contribution in [0.1, 0.15) is 12.1 Å². The number of rotatable bonds is 7. The van der Waals surface area contributed by atoms with Crippen LogP contribution < -0.4 is 10.0 Å². The van der Waals surface area contributed by atoms with Crippen LogP contribution >= 0.6 is 22.9 Å². The highest BCUT2D eigenvalue weighted by Crippen LogP contribution is 2.21. The van der Waals surface area contributed by atoms with E-state index in [0.29, 0.717) is 22.8 Å². The van der Waals surface area contributed by atoms with Gasteiger partial charge in [-0.2, -0.15) is 0 Å². The lowest BCUT2D eigenvalue weighted by Gasteiger charge is -2.05. The number of sulfonamides is 1. The smallest absolute Gasteiger partial charge is 0.263 e. The van der Waals surface area contributed by atoms with Crippen molar-refractivity contribution in [2.45, 2.75) is 17.7 Å². The average Bonchev–Trinajstić information content (AvgIpc) is 3.07. The van der Waals surface area contributed by atoms with Crippen LogP contribution in [0.2, 0.25) is 5.02 Å². The first-order valence-corrected chi connectivity index (χ1v) is 10.7. The average molecular weight is 422 g/mol. The molecule has 3 aromatic rings. The third kappa shape index (κ3) is 5.53. The molecule has 2 aromatic carbocycles. The Morgan fingerprint density at radius 1 is 1.11 bits per heavy atom. The fourth-order valence-corrected chi connectivity index (χ4v) is 4.48. The van der Waals surface area contributed by atoms with Crippen molar-refractivity contribution in [2.75, 3.05) is 10.0 Å². The zero-order chi connectivity index (χ0) is 19.3. The molecule has 0 unspecified atom stereocenters. The van der Waals surface area contributed by atoms with Crippen molar-refractivity contribution in [1.82, 2.24) is 4.98 Å². The summed E-state index contributed by atoms with van der Waals surface area (Å²) in [5, 5.41) is 5.30. The summed E-state index contributed by atoms with van der Waals surface area (Å²) in [5.74, 6) is -0.170. The van der Waals surface area contributed by atoms with Crippen molar-refractivity contribution in [3.8, 4) is 0 Å². The molecule has 0 radical (unpaired) electrons. The second-order valence-corrected chi connectivity index (χ2v) is 8.60. The standard InChI is InChI=1S/C18H16ClN3O3S2/c19-13-5-4-6-14(11-13)20-17(23)10-9-15-12-26-18(21-15)22-27(24,25)16-7-2-1-3-8-16/h1-8,11-12H,9-10H2,(H,20,23)(H,21,22). The number of hydrogen-bond acceptors (Lipinski definition) is 5. The fourth-order valence-electron chi connectivity index (χ4n) is 2.27. The number of carbonyl (C=O) groups excluding carboxylic acids is 1. The zero-order valence-electron chi connectivity index (χ0n) is 14.1. The topological polar surface area (TPSA) is 88.2 Å². The highest BCUT2D eigenvalue weighted by Gasteiger charge is 2.16. The minimum atomic E-state index is -3.67. The SMILES string of the molecule is O=C(CCc1csc(NS(=O)(=O)c2ccccc2)n1)Nc1cccc(Cl)c1. The van der Waals surface area contributed by atoms with Gasteiger partial charge in [-0.05, 0) is 36.8 Å². The van der Waals surface area contributed by atoms with Crippen LogP contribution in [0.15, 0.2) is 64.9 Å². The number of anilines is 2. The summed E-state index contributed by atoms with van der Waals surface area (Å²) in [6.07, 6.45) is 0.622. The molecule has 1 heterocycles. The van der Waals surface area contributed by atoms with Crippen molar-refractivity contribution in [1.29, 1.82) is 0 Å². The van der Waals surface area contributed by atoms with Gasteiger partial charge in [-0.1, -0.05) is 35.9 Å². The molecule has 1 aromatic heterocycles. The van der Waals surface area contributed by atoms with Gasteiger partial charge in [0.1, 0.15) is 0 Å². The molecule has 0 spiro atoms. The summed E-state index contributed by atoms with van der Waals surface area (Å²) in [7, 11) is -3.67. The number of amides is 1. The maximum Gasteiger partial charge on any atom is 0.263 e. The third-order valence-corrected chi connectivity index (χ3v) is 6.07. The quantitative estimate of drug-likeness (QED) is 0.599. The third-order valence-electron chi connectivity index (χ3n) is 3.54. The molecule has 3 rings (SSSR count). The first-order chi connectivity index (χ1) is 12.9. The summed E-state index contributed by atoms with van der Waals surface area (Å²) in [6, 6.07) is 15.0. The number of halogens is 1. The molecular weight excluding hydrogens is 406 g/mol. The molecule has 0 saturated heterocycles. The van der Waals surface area contributed by atoms with Crippen LogP contribution in [-0.4, -0.2) is 19.3 Å². The largest absolute Gasteiger partial charge is 0.326 e. The van der Waals surface area contributed by atoms with E-state index in [1.165, 1.54) is 23.5 Å².